The summed E-state index contributed by atoms with van der Waals surface area (Å²) < 4.78 is 31.9. The van der Waals surface area contributed by atoms with Crippen molar-refractivity contribution in [3.05, 3.63) is 53.2 Å². The van der Waals surface area contributed by atoms with E-state index in [1.165, 1.54) is 31.4 Å². The largest absolute Gasteiger partial charge is 0.294 e. The number of nitrogens with zero attached hydrogens (tertiary/aromatic N) is 4. The van der Waals surface area contributed by atoms with Gasteiger partial charge in [0.25, 0.3) is 0 Å². The zero-order valence-electron chi connectivity index (χ0n) is 20.6. The maximum Gasteiger partial charge on any atom is 0.170 e. The number of pyridine rings is 1. The molecule has 0 atom stereocenters. The van der Waals surface area contributed by atoms with Crippen molar-refractivity contribution < 1.29 is 13.6 Å². The van der Waals surface area contributed by atoms with Gasteiger partial charge >= 0.3 is 0 Å². The molecule has 3 aliphatic rings. The summed E-state index contributed by atoms with van der Waals surface area (Å²) in [5.41, 5.74) is 3.12. The van der Waals surface area contributed by atoms with Crippen molar-refractivity contribution in [3.63, 3.8) is 0 Å². The number of hydrogen-bond acceptors (Lipinski definition) is 4. The van der Waals surface area contributed by atoms with Crippen LogP contribution < -0.4 is 0 Å². The lowest BCUT2D eigenvalue weighted by Crippen LogP contribution is -2.15. The summed E-state index contributed by atoms with van der Waals surface area (Å²) in [6.07, 6.45) is 16.8. The van der Waals surface area contributed by atoms with Gasteiger partial charge in [0.1, 0.15) is 11.0 Å². The molecule has 6 rings (SSSR count). The first-order valence-corrected chi connectivity index (χ1v) is 13.5. The fourth-order valence-electron chi connectivity index (χ4n) is 5.91. The number of hydrogen-bond donors (Lipinski definition) is 0. The maximum absolute atomic E-state index is 15.1. The van der Waals surface area contributed by atoms with Crippen LogP contribution in [-0.4, -0.2) is 25.8 Å². The maximum atomic E-state index is 15.1. The van der Waals surface area contributed by atoms with Gasteiger partial charge in [-0.1, -0.05) is 42.5 Å². The van der Waals surface area contributed by atoms with Crippen molar-refractivity contribution in [2.24, 2.45) is 11.8 Å². The molecule has 3 fully saturated rings. The normalized spacial score (nSPS) is 20.8. The van der Waals surface area contributed by atoms with Crippen LogP contribution in [-0.2, 0) is 0 Å². The second-order valence-electron chi connectivity index (χ2n) is 10.9. The van der Waals surface area contributed by atoms with Crippen molar-refractivity contribution in [1.29, 1.82) is 0 Å². The van der Waals surface area contributed by atoms with Crippen LogP contribution in [0.5, 0.6) is 0 Å². The van der Waals surface area contributed by atoms with E-state index >= 15 is 4.39 Å². The number of aromatic nitrogens is 4. The smallest absolute Gasteiger partial charge is 0.170 e. The topological polar surface area (TPSA) is 60.7 Å². The number of halogens is 2. The fourth-order valence-corrected chi connectivity index (χ4v) is 5.91. The Hall–Kier alpha value is -2.96. The van der Waals surface area contributed by atoms with Crippen molar-refractivity contribution in [3.8, 4) is 11.3 Å². The lowest BCUT2D eigenvalue weighted by Gasteiger charge is -2.24. The van der Waals surface area contributed by atoms with E-state index in [1.54, 1.807) is 17.8 Å². The van der Waals surface area contributed by atoms with Crippen LogP contribution in [0.2, 0.25) is 0 Å². The zero-order chi connectivity index (χ0) is 24.6. The molecule has 2 heterocycles. The Morgan fingerprint density at radius 2 is 1.78 bits per heavy atom. The third-order valence-electron chi connectivity index (χ3n) is 8.34. The summed E-state index contributed by atoms with van der Waals surface area (Å²) in [7, 11) is 0. The predicted octanol–water partition coefficient (Wildman–Crippen LogP) is 7.38. The Kier molecular flexibility index (Phi) is 6.40. The number of rotatable bonds is 7. The second kappa shape index (κ2) is 9.83. The molecule has 0 radical (unpaired) electrons. The van der Waals surface area contributed by atoms with Crippen LogP contribution in [0.1, 0.15) is 93.4 Å². The molecule has 188 valence electrons. The predicted molar refractivity (Wildman–Crippen MR) is 135 cm³/mol. The molecule has 2 aromatic heterocycles. The minimum atomic E-state index is -1.09. The van der Waals surface area contributed by atoms with E-state index in [4.69, 9.17) is 0 Å². The molecular weight excluding hydrogens is 458 g/mol. The zero-order valence-corrected chi connectivity index (χ0v) is 20.6. The molecule has 3 aliphatic carbocycles. The summed E-state index contributed by atoms with van der Waals surface area (Å²) >= 11 is 0. The van der Waals surface area contributed by atoms with Gasteiger partial charge in [-0.25, -0.2) is 13.5 Å². The third kappa shape index (κ3) is 4.72. The molecule has 36 heavy (non-hydrogen) atoms. The van der Waals surface area contributed by atoms with Gasteiger partial charge < -0.3 is 0 Å². The Balaban J connectivity index is 1.19. The quantitative estimate of drug-likeness (QED) is 0.256. The molecule has 1 aromatic carbocycles. The van der Waals surface area contributed by atoms with Crippen molar-refractivity contribution in [2.45, 2.75) is 83.1 Å². The summed E-state index contributed by atoms with van der Waals surface area (Å²) in [5.74, 6) is -1.25. The fraction of sp³-hybridized carbons (Fsp3) is 0.517. The van der Waals surface area contributed by atoms with Crippen molar-refractivity contribution >= 4 is 16.8 Å². The lowest BCUT2D eigenvalue weighted by atomic mass is 9.90. The molecule has 0 unspecified atom stereocenters. The van der Waals surface area contributed by atoms with Crippen LogP contribution in [0.3, 0.4) is 0 Å². The molecule has 0 aliphatic heterocycles. The van der Waals surface area contributed by atoms with E-state index in [2.05, 4.69) is 21.4 Å². The monoisotopic (exact) mass is 490 g/mol. The second-order valence-corrected chi connectivity index (χ2v) is 10.9. The van der Waals surface area contributed by atoms with Crippen LogP contribution in [0.4, 0.5) is 8.78 Å². The first-order chi connectivity index (χ1) is 17.6. The van der Waals surface area contributed by atoms with Crippen LogP contribution in [0.25, 0.3) is 22.3 Å². The van der Waals surface area contributed by atoms with Gasteiger partial charge in [-0.3, -0.25) is 9.78 Å². The van der Waals surface area contributed by atoms with Gasteiger partial charge in [0.15, 0.2) is 17.4 Å². The molecule has 3 aromatic rings. The summed E-state index contributed by atoms with van der Waals surface area (Å²) in [5, 5.41) is 8.69. The minimum absolute atomic E-state index is 0.0319. The van der Waals surface area contributed by atoms with Gasteiger partial charge in [0.2, 0.25) is 0 Å². The van der Waals surface area contributed by atoms with E-state index in [1.807, 2.05) is 4.68 Å². The molecule has 0 saturated heterocycles. The third-order valence-corrected chi connectivity index (χ3v) is 8.34. The Morgan fingerprint density at radius 3 is 2.53 bits per heavy atom. The molecule has 0 N–H and O–H groups in total. The number of carbonyl (C=O) groups is 1. The standard InChI is InChI=1S/C29H32F2N4O/c30-28-22(13-14-23(29(28)31)27(36)15-20-3-1-2-4-20)24-16-25-26(17-32-24)35(34-33-25)21-11-9-19(10-12-21)8-7-18-5-6-18/h8,13-14,16-18,20-21H,1-7,9-12,15H2. The van der Waals surface area contributed by atoms with Crippen LogP contribution in [0, 0.1) is 23.5 Å². The molecule has 0 bridgehead atoms. The van der Waals surface area contributed by atoms with E-state index in [0.29, 0.717) is 5.52 Å². The molecule has 5 nitrogen and oxygen atoms in total. The highest BCUT2D eigenvalue weighted by Gasteiger charge is 2.26. The molecule has 7 heteroatoms. The molecular formula is C29H32F2N4O. The SMILES string of the molecule is O=C(CC1CCCC1)c1ccc(-c2cc3nnn(C4CCC(=CCC5CC5)CC4)c3cn2)c(F)c1F. The van der Waals surface area contributed by atoms with Gasteiger partial charge in [0, 0.05) is 12.0 Å². The average molecular weight is 491 g/mol. The average Bonchev–Trinajstić information content (AvgIpc) is 3.40. The van der Waals surface area contributed by atoms with Crippen molar-refractivity contribution in [1.82, 2.24) is 20.0 Å². The Labute approximate surface area is 210 Å². The van der Waals surface area contributed by atoms with E-state index in [0.717, 1.165) is 62.8 Å². The number of benzene rings is 1. The summed E-state index contributed by atoms with van der Waals surface area (Å²) in [6.45, 7) is 0. The van der Waals surface area contributed by atoms with Gasteiger partial charge in [-0.2, -0.15) is 0 Å². The minimum Gasteiger partial charge on any atom is -0.294 e. The lowest BCUT2D eigenvalue weighted by molar-refractivity contribution is 0.0957. The Morgan fingerprint density at radius 1 is 1.00 bits per heavy atom. The Bertz CT molecular complexity index is 1310. The number of carbonyl (C=O) groups excluding carboxylic acids is 1. The molecule has 0 spiro atoms. The van der Waals surface area contributed by atoms with Gasteiger partial charge in [-0.15, -0.1) is 5.10 Å². The van der Waals surface area contributed by atoms with Gasteiger partial charge in [-0.05, 0) is 75.0 Å². The highest BCUT2D eigenvalue weighted by Crippen LogP contribution is 2.37. The number of Topliss-reactive ketones (excluding diaryl/α,β-unsaturated/α-hetero) is 1. The molecule has 0 amide bonds. The number of fused-ring (bicyclic) bond motifs is 1. The summed E-state index contributed by atoms with van der Waals surface area (Å²) in [6, 6.07) is 4.76. The van der Waals surface area contributed by atoms with Crippen molar-refractivity contribution in [2.75, 3.05) is 0 Å². The van der Waals surface area contributed by atoms with E-state index < -0.39 is 11.6 Å². The van der Waals surface area contributed by atoms with E-state index in [9.17, 15) is 9.18 Å². The molecule has 3 saturated carbocycles. The number of ketones is 1. The van der Waals surface area contributed by atoms with Gasteiger partial charge in [0.05, 0.1) is 23.5 Å². The first-order valence-electron chi connectivity index (χ1n) is 13.5. The number of allylic oxidation sites excluding steroid dienone is 2. The highest BCUT2D eigenvalue weighted by molar-refractivity contribution is 5.97. The summed E-state index contributed by atoms with van der Waals surface area (Å²) in [4.78, 5) is 17.0. The van der Waals surface area contributed by atoms with Crippen LogP contribution >= 0.6 is 0 Å². The highest BCUT2D eigenvalue weighted by atomic mass is 19.2. The van der Waals surface area contributed by atoms with E-state index in [-0.39, 0.29) is 41.0 Å². The van der Waals surface area contributed by atoms with Crippen LogP contribution in [0.15, 0.2) is 36.0 Å². The first kappa shape index (κ1) is 23.4.